The molecule has 0 radical (unpaired) electrons. The van der Waals surface area contributed by atoms with Gasteiger partial charge < -0.3 is 24.9 Å². The van der Waals surface area contributed by atoms with Gasteiger partial charge in [-0.15, -0.1) is 0 Å². The van der Waals surface area contributed by atoms with Crippen molar-refractivity contribution in [3.8, 4) is 22.8 Å². The van der Waals surface area contributed by atoms with Crippen LogP contribution in [0.15, 0.2) is 59.5 Å². The molecule has 0 spiro atoms. The highest BCUT2D eigenvalue weighted by molar-refractivity contribution is 5.85. The number of nitrogens with zero attached hydrogens (tertiary/aromatic N) is 1. The third-order valence-corrected chi connectivity index (χ3v) is 3.92. The Labute approximate surface area is 150 Å². The summed E-state index contributed by atoms with van der Waals surface area (Å²) in [5.41, 5.74) is 7.73. The molecule has 3 rings (SSSR count). The van der Waals surface area contributed by atoms with Gasteiger partial charge in [-0.2, -0.15) is 0 Å². The fourth-order valence-electron chi connectivity index (χ4n) is 2.64. The van der Waals surface area contributed by atoms with E-state index in [0.29, 0.717) is 28.5 Å². The number of oxazole rings is 1. The standard InChI is InChI=1S/C19H19N3O4/c1-24-14-5-3-4-13(9-14)22-18(19(20)23)12-6-7-15(16(8-12)25-2)17-10-21-11-26-17/h3-11,18,22H,1-2H3,(H2,20,23). The molecule has 0 fully saturated rings. The van der Waals surface area contributed by atoms with Crippen LogP contribution in [0.2, 0.25) is 0 Å². The third kappa shape index (κ3) is 3.61. The minimum Gasteiger partial charge on any atom is -0.497 e. The summed E-state index contributed by atoms with van der Waals surface area (Å²) in [6.07, 6.45) is 2.94. The van der Waals surface area contributed by atoms with E-state index in [1.807, 2.05) is 18.2 Å². The molecule has 3 N–H and O–H groups in total. The van der Waals surface area contributed by atoms with Gasteiger partial charge in [0.1, 0.15) is 17.5 Å². The van der Waals surface area contributed by atoms with E-state index in [4.69, 9.17) is 19.6 Å². The van der Waals surface area contributed by atoms with Crippen molar-refractivity contribution in [1.29, 1.82) is 0 Å². The van der Waals surface area contributed by atoms with E-state index < -0.39 is 11.9 Å². The quantitative estimate of drug-likeness (QED) is 0.677. The van der Waals surface area contributed by atoms with Gasteiger partial charge in [0, 0.05) is 11.8 Å². The summed E-state index contributed by atoms with van der Waals surface area (Å²) in [4.78, 5) is 15.9. The molecule has 0 aliphatic carbocycles. The van der Waals surface area contributed by atoms with Crippen molar-refractivity contribution in [2.24, 2.45) is 5.73 Å². The SMILES string of the molecule is COc1cccc(NC(C(N)=O)c2ccc(-c3cnco3)c(OC)c2)c1. The molecule has 3 aromatic rings. The summed E-state index contributed by atoms with van der Waals surface area (Å²) in [6, 6.07) is 11.9. The zero-order chi connectivity index (χ0) is 18.5. The van der Waals surface area contributed by atoms with Crippen molar-refractivity contribution < 1.29 is 18.7 Å². The van der Waals surface area contributed by atoms with Crippen molar-refractivity contribution in [2.75, 3.05) is 19.5 Å². The number of carbonyl (C=O) groups is 1. The lowest BCUT2D eigenvalue weighted by molar-refractivity contribution is -0.118. The number of nitrogens with two attached hydrogens (primary N) is 1. The third-order valence-electron chi connectivity index (χ3n) is 3.92. The molecule has 134 valence electrons. The number of carbonyl (C=O) groups excluding carboxylic acids is 1. The molecule has 0 aliphatic heterocycles. The first-order valence-corrected chi connectivity index (χ1v) is 7.89. The van der Waals surface area contributed by atoms with Crippen LogP contribution in [0.4, 0.5) is 5.69 Å². The minimum absolute atomic E-state index is 0.512. The van der Waals surface area contributed by atoms with Crippen molar-refractivity contribution >= 4 is 11.6 Å². The lowest BCUT2D eigenvalue weighted by atomic mass is 10.0. The molecule has 1 unspecified atom stereocenters. The number of hydrogen-bond donors (Lipinski definition) is 2. The lowest BCUT2D eigenvalue weighted by Gasteiger charge is -2.19. The highest BCUT2D eigenvalue weighted by atomic mass is 16.5. The van der Waals surface area contributed by atoms with Gasteiger partial charge in [-0.1, -0.05) is 12.1 Å². The van der Waals surface area contributed by atoms with Crippen LogP contribution in [-0.4, -0.2) is 25.1 Å². The Morgan fingerprint density at radius 2 is 2.04 bits per heavy atom. The molecule has 0 aliphatic rings. The van der Waals surface area contributed by atoms with Crippen LogP contribution in [0.1, 0.15) is 11.6 Å². The molecule has 1 heterocycles. The second kappa shape index (κ2) is 7.60. The van der Waals surface area contributed by atoms with Gasteiger partial charge in [0.05, 0.1) is 26.0 Å². The fraction of sp³-hybridized carbons (Fsp3) is 0.158. The highest BCUT2D eigenvalue weighted by Crippen LogP contribution is 2.33. The number of aromatic nitrogens is 1. The first kappa shape index (κ1) is 17.3. The molecule has 0 saturated heterocycles. The maximum atomic E-state index is 12.0. The lowest BCUT2D eigenvalue weighted by Crippen LogP contribution is -2.27. The average Bonchev–Trinajstić information content (AvgIpc) is 3.20. The zero-order valence-electron chi connectivity index (χ0n) is 14.4. The average molecular weight is 353 g/mol. The van der Waals surface area contributed by atoms with E-state index in [1.165, 1.54) is 6.39 Å². The molecule has 7 nitrogen and oxygen atoms in total. The summed E-state index contributed by atoms with van der Waals surface area (Å²) >= 11 is 0. The number of rotatable bonds is 7. The summed E-state index contributed by atoms with van der Waals surface area (Å²) in [6.45, 7) is 0. The van der Waals surface area contributed by atoms with Crippen LogP contribution >= 0.6 is 0 Å². The summed E-state index contributed by atoms with van der Waals surface area (Å²) in [5, 5.41) is 3.13. The molecule has 1 aromatic heterocycles. The second-order valence-electron chi connectivity index (χ2n) is 5.54. The molecule has 7 heteroatoms. The monoisotopic (exact) mass is 353 g/mol. The normalized spacial score (nSPS) is 11.6. The molecule has 1 atom stereocenters. The maximum absolute atomic E-state index is 12.0. The number of nitrogens with one attached hydrogen (secondary N) is 1. The van der Waals surface area contributed by atoms with E-state index in [-0.39, 0.29) is 0 Å². The molecular weight excluding hydrogens is 334 g/mol. The van der Waals surface area contributed by atoms with Gasteiger partial charge >= 0.3 is 0 Å². The van der Waals surface area contributed by atoms with Crippen molar-refractivity contribution in [3.05, 3.63) is 60.6 Å². The summed E-state index contributed by atoms with van der Waals surface area (Å²) in [5.74, 6) is 1.29. The predicted octanol–water partition coefficient (Wildman–Crippen LogP) is 3.00. The first-order chi connectivity index (χ1) is 12.6. The Bertz CT molecular complexity index is 894. The molecule has 0 saturated carbocycles. The molecule has 1 amide bonds. The van der Waals surface area contributed by atoms with Gasteiger partial charge in [-0.25, -0.2) is 4.98 Å². The van der Waals surface area contributed by atoms with E-state index in [1.54, 1.807) is 44.7 Å². The Kier molecular flexibility index (Phi) is 5.07. The molecule has 0 bridgehead atoms. The fourth-order valence-corrected chi connectivity index (χ4v) is 2.64. The van der Waals surface area contributed by atoms with E-state index >= 15 is 0 Å². The van der Waals surface area contributed by atoms with Crippen LogP contribution in [-0.2, 0) is 4.79 Å². The van der Waals surface area contributed by atoms with Gasteiger partial charge in [-0.05, 0) is 29.8 Å². The summed E-state index contributed by atoms with van der Waals surface area (Å²) in [7, 11) is 3.13. The molecule has 26 heavy (non-hydrogen) atoms. The van der Waals surface area contributed by atoms with Crippen molar-refractivity contribution in [3.63, 3.8) is 0 Å². The van der Waals surface area contributed by atoms with Gasteiger partial charge in [0.2, 0.25) is 5.91 Å². The van der Waals surface area contributed by atoms with Crippen LogP contribution in [0, 0.1) is 0 Å². The van der Waals surface area contributed by atoms with Crippen LogP contribution in [0.5, 0.6) is 11.5 Å². The number of primary amides is 1. The maximum Gasteiger partial charge on any atom is 0.244 e. The van der Waals surface area contributed by atoms with E-state index in [9.17, 15) is 4.79 Å². The number of hydrogen-bond acceptors (Lipinski definition) is 6. The number of benzene rings is 2. The zero-order valence-corrected chi connectivity index (χ0v) is 14.4. The number of amides is 1. The summed E-state index contributed by atoms with van der Waals surface area (Å²) < 4.78 is 16.0. The van der Waals surface area contributed by atoms with Gasteiger partial charge in [0.15, 0.2) is 12.2 Å². The van der Waals surface area contributed by atoms with Gasteiger partial charge in [0.25, 0.3) is 0 Å². The van der Waals surface area contributed by atoms with Crippen molar-refractivity contribution in [1.82, 2.24) is 4.98 Å². The van der Waals surface area contributed by atoms with E-state index in [0.717, 1.165) is 5.56 Å². The second-order valence-corrected chi connectivity index (χ2v) is 5.54. The topological polar surface area (TPSA) is 99.6 Å². The van der Waals surface area contributed by atoms with Crippen LogP contribution in [0.25, 0.3) is 11.3 Å². The highest BCUT2D eigenvalue weighted by Gasteiger charge is 2.20. The first-order valence-electron chi connectivity index (χ1n) is 7.89. The number of methoxy groups -OCH3 is 2. The minimum atomic E-state index is -0.736. The van der Waals surface area contributed by atoms with Crippen LogP contribution < -0.4 is 20.5 Å². The smallest absolute Gasteiger partial charge is 0.244 e. The number of anilines is 1. The Balaban J connectivity index is 1.94. The van der Waals surface area contributed by atoms with E-state index in [2.05, 4.69) is 10.3 Å². The van der Waals surface area contributed by atoms with Gasteiger partial charge in [-0.3, -0.25) is 4.79 Å². The van der Waals surface area contributed by atoms with Crippen LogP contribution in [0.3, 0.4) is 0 Å². The largest absolute Gasteiger partial charge is 0.497 e. The van der Waals surface area contributed by atoms with Crippen molar-refractivity contribution in [2.45, 2.75) is 6.04 Å². The Morgan fingerprint density at radius 3 is 2.69 bits per heavy atom. The molecule has 2 aromatic carbocycles. The number of ether oxygens (including phenoxy) is 2. The Hall–Kier alpha value is -3.48. The predicted molar refractivity (Wildman–Crippen MR) is 97.0 cm³/mol. The molecular formula is C19H19N3O4. The Morgan fingerprint density at radius 1 is 1.19 bits per heavy atom.